The van der Waals surface area contributed by atoms with Crippen molar-refractivity contribution in [1.82, 2.24) is 0 Å². The summed E-state index contributed by atoms with van der Waals surface area (Å²) < 4.78 is 60.3. The SMILES string of the molecule is CC(CCCCCCCCC(=O)O)S(=O)(=O)O.CC(CCCCCCCCC(=O)OO)S(=O)(=O)O. The zero-order chi connectivity index (χ0) is 27.3. The molecule has 4 N–H and O–H groups in total. The first kappa shape index (κ1) is 35.9. The average Bonchev–Trinajstić information content (AvgIpc) is 2.75. The molecule has 11 nitrogen and oxygen atoms in total. The standard InChI is InChI=1S/C11H22O6S.C11H22O5S/c1-10(18(14,15)16)8-6-4-2-3-5-7-9-11(12)17-13;1-10(17(14,15)16)8-6-4-2-3-5-7-9-11(12)13/h10,13H,2-9H2,1H3,(H,14,15,16);10H,2-9H2,1H3,(H,12,13)(H,14,15,16). The van der Waals surface area contributed by atoms with Gasteiger partial charge in [-0.1, -0.05) is 64.2 Å². The quantitative estimate of drug-likeness (QED) is 0.0702. The Hall–Kier alpha value is -1.28. The van der Waals surface area contributed by atoms with E-state index >= 15 is 0 Å². The van der Waals surface area contributed by atoms with Crippen molar-refractivity contribution < 1.29 is 50.8 Å². The van der Waals surface area contributed by atoms with Crippen molar-refractivity contribution in [2.45, 2.75) is 127 Å². The molecule has 0 aliphatic rings. The van der Waals surface area contributed by atoms with E-state index in [0.717, 1.165) is 64.2 Å². The van der Waals surface area contributed by atoms with Crippen LogP contribution in [0.25, 0.3) is 0 Å². The Morgan fingerprint density at radius 3 is 1.26 bits per heavy atom. The highest BCUT2D eigenvalue weighted by molar-refractivity contribution is 7.86. The van der Waals surface area contributed by atoms with Crippen molar-refractivity contribution in [1.29, 1.82) is 0 Å². The molecule has 0 aromatic carbocycles. The number of carboxylic acids is 1. The Labute approximate surface area is 210 Å². The van der Waals surface area contributed by atoms with Gasteiger partial charge in [0.05, 0.1) is 10.5 Å². The van der Waals surface area contributed by atoms with Crippen molar-refractivity contribution in [3.05, 3.63) is 0 Å². The molecule has 0 spiro atoms. The van der Waals surface area contributed by atoms with Crippen LogP contribution >= 0.6 is 0 Å². The highest BCUT2D eigenvalue weighted by Gasteiger charge is 2.16. The maximum Gasteiger partial charge on any atom is 0.342 e. The van der Waals surface area contributed by atoms with E-state index in [-0.39, 0.29) is 12.8 Å². The fourth-order valence-corrected chi connectivity index (χ4v) is 4.10. The number of hydrogen-bond acceptors (Lipinski definition) is 8. The molecular formula is C22H44O11S2. The Morgan fingerprint density at radius 1 is 0.629 bits per heavy atom. The second-order valence-electron chi connectivity index (χ2n) is 8.83. The summed E-state index contributed by atoms with van der Waals surface area (Å²) in [6.07, 6.45) is 11.8. The minimum atomic E-state index is -3.89. The molecule has 210 valence electrons. The molecular weight excluding hydrogens is 504 g/mol. The molecule has 13 heteroatoms. The lowest BCUT2D eigenvalue weighted by Gasteiger charge is -2.07. The fourth-order valence-electron chi connectivity index (χ4n) is 3.17. The molecule has 0 aliphatic heterocycles. The van der Waals surface area contributed by atoms with Crippen molar-refractivity contribution in [2.75, 3.05) is 0 Å². The van der Waals surface area contributed by atoms with Gasteiger partial charge in [0.2, 0.25) is 0 Å². The molecule has 0 amide bonds. The predicted octanol–water partition coefficient (Wildman–Crippen LogP) is 4.87. The van der Waals surface area contributed by atoms with E-state index in [1.807, 2.05) is 0 Å². The highest BCUT2D eigenvalue weighted by Crippen LogP contribution is 2.14. The summed E-state index contributed by atoms with van der Waals surface area (Å²) in [5.74, 6) is -1.37. The maximum atomic E-state index is 10.7. The molecule has 2 atom stereocenters. The molecule has 35 heavy (non-hydrogen) atoms. The van der Waals surface area contributed by atoms with Gasteiger partial charge in [-0.25, -0.2) is 4.79 Å². The molecule has 0 saturated heterocycles. The number of hydrogen-bond donors (Lipinski definition) is 4. The molecule has 0 aromatic rings. The first-order chi connectivity index (χ1) is 16.2. The number of carbonyl (C=O) groups is 2. The van der Waals surface area contributed by atoms with Gasteiger partial charge >= 0.3 is 11.9 Å². The number of aliphatic carboxylic acids is 1. The second kappa shape index (κ2) is 20.9. The predicted molar refractivity (Wildman–Crippen MR) is 132 cm³/mol. The Balaban J connectivity index is 0. The van der Waals surface area contributed by atoms with Crippen LogP contribution in [-0.4, -0.2) is 58.7 Å². The second-order valence-corrected chi connectivity index (χ2v) is 12.5. The van der Waals surface area contributed by atoms with E-state index in [1.54, 1.807) is 0 Å². The highest BCUT2D eigenvalue weighted by atomic mass is 32.2. The van der Waals surface area contributed by atoms with Crippen LogP contribution in [0.15, 0.2) is 0 Å². The molecule has 0 aromatic heterocycles. The van der Waals surface area contributed by atoms with Crippen LogP contribution < -0.4 is 0 Å². The van der Waals surface area contributed by atoms with Crippen molar-refractivity contribution in [3.63, 3.8) is 0 Å². The van der Waals surface area contributed by atoms with Gasteiger partial charge in [0.1, 0.15) is 0 Å². The van der Waals surface area contributed by atoms with Crippen LogP contribution in [0, 0.1) is 0 Å². The molecule has 0 heterocycles. The third kappa shape index (κ3) is 25.6. The lowest BCUT2D eigenvalue weighted by atomic mass is 10.1. The number of carboxylic acid groups (broad SMARTS) is 1. The number of unbranched alkanes of at least 4 members (excludes halogenated alkanes) is 10. The topological polar surface area (TPSA) is 193 Å². The first-order valence-corrected chi connectivity index (χ1v) is 15.2. The van der Waals surface area contributed by atoms with E-state index in [1.165, 1.54) is 13.8 Å². The minimum absolute atomic E-state index is 0.219. The van der Waals surface area contributed by atoms with E-state index in [9.17, 15) is 26.4 Å². The molecule has 0 rings (SSSR count). The lowest BCUT2D eigenvalue weighted by molar-refractivity contribution is -0.234. The van der Waals surface area contributed by atoms with Gasteiger partial charge in [0.25, 0.3) is 20.2 Å². The van der Waals surface area contributed by atoms with Crippen LogP contribution in [0.4, 0.5) is 0 Å². The normalized spacial score (nSPS) is 13.4. The van der Waals surface area contributed by atoms with Crippen LogP contribution in [0.3, 0.4) is 0 Å². The van der Waals surface area contributed by atoms with Crippen LogP contribution in [0.1, 0.15) is 117 Å². The summed E-state index contributed by atoms with van der Waals surface area (Å²) in [4.78, 5) is 24.3. The van der Waals surface area contributed by atoms with E-state index in [0.29, 0.717) is 25.7 Å². The van der Waals surface area contributed by atoms with E-state index < -0.39 is 42.7 Å². The van der Waals surface area contributed by atoms with Gasteiger partial charge in [-0.3, -0.25) is 13.9 Å². The smallest absolute Gasteiger partial charge is 0.342 e. The van der Waals surface area contributed by atoms with Crippen molar-refractivity contribution in [3.8, 4) is 0 Å². The fraction of sp³-hybridized carbons (Fsp3) is 0.909. The van der Waals surface area contributed by atoms with Gasteiger partial charge in [0, 0.05) is 12.8 Å². The third-order valence-electron chi connectivity index (χ3n) is 5.61. The molecule has 0 fully saturated rings. The lowest BCUT2D eigenvalue weighted by Crippen LogP contribution is -2.16. The average molecular weight is 549 g/mol. The summed E-state index contributed by atoms with van der Waals surface area (Å²) in [5, 5.41) is 15.0. The molecule has 0 aliphatic carbocycles. The molecule has 0 bridgehead atoms. The van der Waals surface area contributed by atoms with Gasteiger partial charge < -0.3 is 9.99 Å². The third-order valence-corrected chi connectivity index (χ3v) is 8.12. The minimum Gasteiger partial charge on any atom is -0.481 e. The van der Waals surface area contributed by atoms with Crippen molar-refractivity contribution >= 4 is 32.2 Å². The van der Waals surface area contributed by atoms with E-state index in [2.05, 4.69) is 4.89 Å². The summed E-state index contributed by atoms with van der Waals surface area (Å²) in [6, 6.07) is 0. The van der Waals surface area contributed by atoms with Crippen molar-refractivity contribution in [2.24, 2.45) is 0 Å². The number of carbonyl (C=O) groups excluding carboxylic acids is 1. The first-order valence-electron chi connectivity index (χ1n) is 12.2. The van der Waals surface area contributed by atoms with Crippen LogP contribution in [-0.2, 0) is 34.7 Å². The summed E-state index contributed by atoms with van der Waals surface area (Å²) in [7, 11) is -7.77. The Kier molecular flexibility index (Phi) is 21.4. The monoisotopic (exact) mass is 548 g/mol. The maximum absolute atomic E-state index is 10.7. The van der Waals surface area contributed by atoms with E-state index in [4.69, 9.17) is 19.5 Å². The Bertz CT molecular complexity index is 764. The largest absolute Gasteiger partial charge is 0.481 e. The molecule has 0 saturated carbocycles. The summed E-state index contributed by atoms with van der Waals surface area (Å²) >= 11 is 0. The van der Waals surface area contributed by atoms with Gasteiger partial charge in [-0.15, -0.1) is 0 Å². The van der Waals surface area contributed by atoms with Crippen LogP contribution in [0.2, 0.25) is 0 Å². The molecule has 2 unspecified atom stereocenters. The molecule has 0 radical (unpaired) electrons. The zero-order valence-electron chi connectivity index (χ0n) is 20.9. The summed E-state index contributed by atoms with van der Waals surface area (Å²) in [6.45, 7) is 3.00. The van der Waals surface area contributed by atoms with Gasteiger partial charge in [-0.05, 0) is 39.5 Å². The zero-order valence-corrected chi connectivity index (χ0v) is 22.6. The number of rotatable bonds is 20. The van der Waals surface area contributed by atoms with Crippen LogP contribution in [0.5, 0.6) is 0 Å². The Morgan fingerprint density at radius 2 is 0.943 bits per heavy atom. The van der Waals surface area contributed by atoms with Gasteiger partial charge in [0.15, 0.2) is 0 Å². The summed E-state index contributed by atoms with van der Waals surface area (Å²) in [5.41, 5.74) is 0. The van der Waals surface area contributed by atoms with Gasteiger partial charge in [-0.2, -0.15) is 22.1 Å².